The fourth-order valence-corrected chi connectivity index (χ4v) is 1.11. The maximum absolute atomic E-state index is 4.23. The number of aryl methyl sites for hydroxylation is 1. The summed E-state index contributed by atoms with van der Waals surface area (Å²) in [6.45, 7) is 1.95. The van der Waals surface area contributed by atoms with Crippen LogP contribution in [0.25, 0.3) is 0 Å². The number of nitrogens with one attached hydrogen (secondary N) is 1. The van der Waals surface area contributed by atoms with E-state index in [9.17, 15) is 0 Å². The fourth-order valence-electron chi connectivity index (χ4n) is 1.11. The van der Waals surface area contributed by atoms with Crippen LogP contribution in [-0.4, -0.2) is 36.7 Å². The van der Waals surface area contributed by atoms with Crippen molar-refractivity contribution in [3.63, 3.8) is 0 Å². The third kappa shape index (κ3) is 1.98. The average molecular weight is 168 g/mol. The molecule has 0 saturated heterocycles. The van der Waals surface area contributed by atoms with Crippen LogP contribution < -0.4 is 10.2 Å². The Morgan fingerprint density at radius 3 is 2.92 bits per heavy atom. The zero-order chi connectivity index (χ0) is 8.97. The summed E-state index contributed by atoms with van der Waals surface area (Å²) in [5.74, 6) is 1.00. The monoisotopic (exact) mass is 168 g/mol. The van der Waals surface area contributed by atoms with Crippen LogP contribution in [0, 0.1) is 0 Å². The molecule has 0 amide bonds. The third-order valence-electron chi connectivity index (χ3n) is 1.83. The Balaban J connectivity index is 2.52. The van der Waals surface area contributed by atoms with Gasteiger partial charge in [-0.1, -0.05) is 0 Å². The van der Waals surface area contributed by atoms with Crippen molar-refractivity contribution in [2.45, 2.75) is 0 Å². The molecule has 0 radical (unpaired) electrons. The minimum atomic E-state index is 0.974. The molecule has 1 aromatic heterocycles. The van der Waals surface area contributed by atoms with Gasteiger partial charge < -0.3 is 14.8 Å². The van der Waals surface area contributed by atoms with E-state index in [-0.39, 0.29) is 0 Å². The van der Waals surface area contributed by atoms with Crippen molar-refractivity contribution < 1.29 is 0 Å². The summed E-state index contributed by atoms with van der Waals surface area (Å²) in [7, 11) is 5.99. The van der Waals surface area contributed by atoms with Crippen molar-refractivity contribution in [3.05, 3.63) is 12.4 Å². The molecule has 1 heterocycles. The molecular weight excluding hydrogens is 152 g/mol. The topological polar surface area (TPSA) is 33.1 Å². The van der Waals surface area contributed by atoms with Crippen LogP contribution in [0.5, 0.6) is 0 Å². The van der Waals surface area contributed by atoms with E-state index in [0.717, 1.165) is 19.0 Å². The molecule has 4 nitrogen and oxygen atoms in total. The molecular formula is C8H16N4. The summed E-state index contributed by atoms with van der Waals surface area (Å²) >= 11 is 0. The standard InChI is InChI=1S/C8H16N4/c1-9-4-6-11(2)8-10-5-7-12(8)3/h5,7,9H,4,6H2,1-3H3. The van der Waals surface area contributed by atoms with Gasteiger partial charge in [0.15, 0.2) is 0 Å². The van der Waals surface area contributed by atoms with Crippen LogP contribution in [0.15, 0.2) is 12.4 Å². The Bertz CT molecular complexity index is 231. The summed E-state index contributed by atoms with van der Waals surface area (Å²) in [4.78, 5) is 6.35. The molecule has 68 valence electrons. The zero-order valence-corrected chi connectivity index (χ0v) is 7.91. The van der Waals surface area contributed by atoms with Crippen molar-refractivity contribution in [2.24, 2.45) is 7.05 Å². The van der Waals surface area contributed by atoms with Crippen LogP contribution in [0.4, 0.5) is 5.95 Å². The van der Waals surface area contributed by atoms with E-state index in [0.29, 0.717) is 0 Å². The highest BCUT2D eigenvalue weighted by Crippen LogP contribution is 2.05. The van der Waals surface area contributed by atoms with Crippen LogP contribution in [0.3, 0.4) is 0 Å². The number of hydrogen-bond donors (Lipinski definition) is 1. The van der Waals surface area contributed by atoms with Gasteiger partial charge in [-0.3, -0.25) is 0 Å². The van der Waals surface area contributed by atoms with E-state index in [1.807, 2.05) is 38.1 Å². The number of rotatable bonds is 4. The quantitative estimate of drug-likeness (QED) is 0.691. The Hall–Kier alpha value is -1.03. The first-order chi connectivity index (χ1) is 5.75. The third-order valence-corrected chi connectivity index (χ3v) is 1.83. The fraction of sp³-hybridized carbons (Fsp3) is 0.625. The summed E-state index contributed by atoms with van der Waals surface area (Å²) in [5.41, 5.74) is 0. The number of anilines is 1. The number of aromatic nitrogens is 2. The molecule has 12 heavy (non-hydrogen) atoms. The van der Waals surface area contributed by atoms with Gasteiger partial charge in [-0.25, -0.2) is 4.98 Å². The van der Waals surface area contributed by atoms with Gasteiger partial charge in [0.25, 0.3) is 0 Å². The first kappa shape index (κ1) is 9.06. The normalized spacial score (nSPS) is 10.2. The van der Waals surface area contributed by atoms with E-state index in [1.54, 1.807) is 0 Å². The Labute approximate surface area is 73.2 Å². The highest BCUT2D eigenvalue weighted by atomic mass is 15.3. The van der Waals surface area contributed by atoms with Crippen molar-refractivity contribution in [3.8, 4) is 0 Å². The van der Waals surface area contributed by atoms with E-state index < -0.39 is 0 Å². The molecule has 1 rings (SSSR count). The number of imidazole rings is 1. The van der Waals surface area contributed by atoms with Gasteiger partial charge in [0.2, 0.25) is 5.95 Å². The molecule has 4 heteroatoms. The lowest BCUT2D eigenvalue weighted by molar-refractivity contribution is 0.736. The molecule has 0 spiro atoms. The van der Waals surface area contributed by atoms with Crippen molar-refractivity contribution in [1.82, 2.24) is 14.9 Å². The Morgan fingerprint density at radius 1 is 1.67 bits per heavy atom. The highest BCUT2D eigenvalue weighted by molar-refractivity contribution is 5.28. The molecule has 0 atom stereocenters. The molecule has 0 aliphatic rings. The largest absolute Gasteiger partial charge is 0.344 e. The lowest BCUT2D eigenvalue weighted by atomic mass is 10.5. The maximum Gasteiger partial charge on any atom is 0.204 e. The van der Waals surface area contributed by atoms with E-state index in [4.69, 9.17) is 0 Å². The predicted octanol–water partition coefficient (Wildman–Crippen LogP) is 0.0757. The van der Waals surface area contributed by atoms with Crippen molar-refractivity contribution in [2.75, 3.05) is 32.1 Å². The van der Waals surface area contributed by atoms with E-state index >= 15 is 0 Å². The van der Waals surface area contributed by atoms with Gasteiger partial charge in [-0.05, 0) is 7.05 Å². The van der Waals surface area contributed by atoms with Gasteiger partial charge in [-0.15, -0.1) is 0 Å². The van der Waals surface area contributed by atoms with Gasteiger partial charge >= 0.3 is 0 Å². The van der Waals surface area contributed by atoms with E-state index in [1.165, 1.54) is 0 Å². The van der Waals surface area contributed by atoms with Crippen LogP contribution in [0.1, 0.15) is 0 Å². The molecule has 0 fully saturated rings. The molecule has 0 aromatic carbocycles. The zero-order valence-electron chi connectivity index (χ0n) is 7.91. The average Bonchev–Trinajstić information content (AvgIpc) is 2.47. The molecule has 1 aromatic rings. The smallest absolute Gasteiger partial charge is 0.204 e. The van der Waals surface area contributed by atoms with Gasteiger partial charge in [0.1, 0.15) is 0 Å². The summed E-state index contributed by atoms with van der Waals surface area (Å²) in [5, 5.41) is 3.10. The Kier molecular flexibility index (Phi) is 3.10. The minimum Gasteiger partial charge on any atom is -0.344 e. The second-order valence-corrected chi connectivity index (χ2v) is 2.86. The highest BCUT2D eigenvalue weighted by Gasteiger charge is 2.03. The maximum atomic E-state index is 4.23. The molecule has 0 unspecified atom stereocenters. The second-order valence-electron chi connectivity index (χ2n) is 2.86. The number of nitrogens with zero attached hydrogens (tertiary/aromatic N) is 3. The molecule has 0 aliphatic carbocycles. The van der Waals surface area contributed by atoms with Crippen LogP contribution in [-0.2, 0) is 7.05 Å². The van der Waals surface area contributed by atoms with Gasteiger partial charge in [0, 0.05) is 39.6 Å². The van der Waals surface area contributed by atoms with Crippen LogP contribution >= 0.6 is 0 Å². The van der Waals surface area contributed by atoms with Crippen molar-refractivity contribution in [1.29, 1.82) is 0 Å². The minimum absolute atomic E-state index is 0.974. The number of hydrogen-bond acceptors (Lipinski definition) is 3. The first-order valence-electron chi connectivity index (χ1n) is 4.08. The molecule has 0 bridgehead atoms. The lowest BCUT2D eigenvalue weighted by Gasteiger charge is -2.17. The second kappa shape index (κ2) is 4.11. The van der Waals surface area contributed by atoms with Crippen molar-refractivity contribution >= 4 is 5.95 Å². The van der Waals surface area contributed by atoms with E-state index in [2.05, 4.69) is 15.2 Å². The SMILES string of the molecule is CNCCN(C)c1nccn1C. The summed E-state index contributed by atoms with van der Waals surface area (Å²) < 4.78 is 2.01. The molecule has 0 saturated carbocycles. The summed E-state index contributed by atoms with van der Waals surface area (Å²) in [6, 6.07) is 0. The van der Waals surface area contributed by atoms with Gasteiger partial charge in [-0.2, -0.15) is 0 Å². The van der Waals surface area contributed by atoms with Crippen LogP contribution in [0.2, 0.25) is 0 Å². The molecule has 1 N–H and O–H groups in total. The predicted molar refractivity (Wildman–Crippen MR) is 50.4 cm³/mol. The lowest BCUT2D eigenvalue weighted by Crippen LogP contribution is -2.28. The summed E-state index contributed by atoms with van der Waals surface area (Å²) in [6.07, 6.45) is 3.76. The first-order valence-corrected chi connectivity index (χ1v) is 4.08. The Morgan fingerprint density at radius 2 is 2.42 bits per heavy atom. The van der Waals surface area contributed by atoms with Gasteiger partial charge in [0.05, 0.1) is 0 Å². The molecule has 0 aliphatic heterocycles. The number of likely N-dealkylation sites (N-methyl/N-ethyl adjacent to an activating group) is 2.